The quantitative estimate of drug-likeness (QED) is 0.728. The lowest BCUT2D eigenvalue weighted by Crippen LogP contribution is -2.29. The van der Waals surface area contributed by atoms with Crippen molar-refractivity contribution in [2.45, 2.75) is 39.5 Å². The van der Waals surface area contributed by atoms with Crippen LogP contribution in [0.25, 0.3) is 10.9 Å². The fraction of sp³-hybridized carbons (Fsp3) is 0.526. The second-order valence-electron chi connectivity index (χ2n) is 6.20. The van der Waals surface area contributed by atoms with Gasteiger partial charge >= 0.3 is 0 Å². The maximum absolute atomic E-state index is 5.72. The van der Waals surface area contributed by atoms with E-state index in [0.717, 1.165) is 61.1 Å². The first-order chi connectivity index (χ1) is 11.2. The highest BCUT2D eigenvalue weighted by atomic mass is 16.5. The smallest absolute Gasteiger partial charge is 0.121 e. The van der Waals surface area contributed by atoms with E-state index in [-0.39, 0.29) is 5.41 Å². The summed E-state index contributed by atoms with van der Waals surface area (Å²) >= 11 is 0. The molecule has 0 bridgehead atoms. The Bertz CT molecular complexity index is 623. The van der Waals surface area contributed by atoms with Crippen molar-refractivity contribution in [3.05, 3.63) is 30.5 Å². The molecule has 0 radical (unpaired) electrons. The van der Waals surface area contributed by atoms with Gasteiger partial charge in [0.15, 0.2) is 0 Å². The van der Waals surface area contributed by atoms with Crippen molar-refractivity contribution in [2.24, 2.45) is 11.1 Å². The lowest BCUT2D eigenvalue weighted by atomic mass is 9.78. The van der Waals surface area contributed by atoms with Gasteiger partial charge in [0.25, 0.3) is 0 Å². The molecule has 2 rings (SSSR count). The van der Waals surface area contributed by atoms with E-state index in [4.69, 9.17) is 10.5 Å². The summed E-state index contributed by atoms with van der Waals surface area (Å²) in [5.41, 5.74) is 8.03. The number of nitrogens with zero attached hydrogens (tertiary/aromatic N) is 1. The first kappa shape index (κ1) is 17.5. The molecule has 0 aliphatic heterocycles. The van der Waals surface area contributed by atoms with Gasteiger partial charge < -0.3 is 15.8 Å². The Balaban J connectivity index is 2.26. The van der Waals surface area contributed by atoms with E-state index in [1.54, 1.807) is 7.11 Å². The SMILES string of the molecule is CCC(CC)(CCCN)CNc1cc(OC)cc2cccnc12. The molecule has 1 aromatic heterocycles. The second kappa shape index (κ2) is 8.16. The van der Waals surface area contributed by atoms with Gasteiger partial charge in [-0.25, -0.2) is 0 Å². The zero-order valence-corrected chi connectivity index (χ0v) is 14.6. The summed E-state index contributed by atoms with van der Waals surface area (Å²) in [5.74, 6) is 0.855. The molecule has 0 fully saturated rings. The number of methoxy groups -OCH3 is 1. The molecule has 1 heterocycles. The van der Waals surface area contributed by atoms with E-state index in [0.29, 0.717) is 0 Å². The Morgan fingerprint density at radius 1 is 1.26 bits per heavy atom. The molecule has 0 aliphatic rings. The van der Waals surface area contributed by atoms with Crippen LogP contribution in [-0.2, 0) is 0 Å². The number of nitrogens with two attached hydrogens (primary N) is 1. The average Bonchev–Trinajstić information content (AvgIpc) is 2.62. The van der Waals surface area contributed by atoms with Gasteiger partial charge in [-0.15, -0.1) is 0 Å². The number of anilines is 1. The van der Waals surface area contributed by atoms with Crippen LogP contribution in [0.2, 0.25) is 0 Å². The van der Waals surface area contributed by atoms with Gasteiger partial charge in [0.1, 0.15) is 5.75 Å². The number of hydrogen-bond acceptors (Lipinski definition) is 4. The van der Waals surface area contributed by atoms with Crippen molar-refractivity contribution in [1.29, 1.82) is 0 Å². The summed E-state index contributed by atoms with van der Waals surface area (Å²) in [6.07, 6.45) is 6.35. The van der Waals surface area contributed by atoms with Crippen molar-refractivity contribution in [3.63, 3.8) is 0 Å². The molecule has 0 spiro atoms. The number of nitrogens with one attached hydrogen (secondary N) is 1. The van der Waals surface area contributed by atoms with E-state index in [1.807, 2.05) is 24.4 Å². The molecule has 0 saturated carbocycles. The molecule has 2 aromatic rings. The molecular formula is C19H29N3O. The van der Waals surface area contributed by atoms with Crippen LogP contribution < -0.4 is 15.8 Å². The highest BCUT2D eigenvalue weighted by Gasteiger charge is 2.25. The lowest BCUT2D eigenvalue weighted by molar-refractivity contribution is 0.254. The van der Waals surface area contributed by atoms with E-state index in [1.165, 1.54) is 0 Å². The third-order valence-electron chi connectivity index (χ3n) is 4.98. The first-order valence-corrected chi connectivity index (χ1v) is 8.54. The van der Waals surface area contributed by atoms with Crippen molar-refractivity contribution in [3.8, 4) is 5.75 Å². The molecule has 0 amide bonds. The van der Waals surface area contributed by atoms with Crippen molar-refractivity contribution < 1.29 is 4.74 Å². The van der Waals surface area contributed by atoms with Crippen LogP contribution in [0.3, 0.4) is 0 Å². The number of hydrogen-bond donors (Lipinski definition) is 2. The highest BCUT2D eigenvalue weighted by molar-refractivity contribution is 5.91. The predicted octanol–water partition coefficient (Wildman–Crippen LogP) is 4.20. The van der Waals surface area contributed by atoms with Crippen molar-refractivity contribution in [1.82, 2.24) is 4.98 Å². The molecule has 4 heteroatoms. The normalized spacial score (nSPS) is 11.7. The molecule has 0 aliphatic carbocycles. The summed E-state index contributed by atoms with van der Waals surface area (Å²) < 4.78 is 5.43. The van der Waals surface area contributed by atoms with Crippen LogP contribution >= 0.6 is 0 Å². The van der Waals surface area contributed by atoms with Crippen LogP contribution in [0.15, 0.2) is 30.5 Å². The van der Waals surface area contributed by atoms with Crippen LogP contribution in [-0.4, -0.2) is 25.2 Å². The molecule has 3 N–H and O–H groups in total. The number of rotatable bonds is 9. The molecule has 4 nitrogen and oxygen atoms in total. The summed E-state index contributed by atoms with van der Waals surface area (Å²) in [7, 11) is 1.70. The van der Waals surface area contributed by atoms with E-state index in [9.17, 15) is 0 Å². The van der Waals surface area contributed by atoms with E-state index >= 15 is 0 Å². The number of aromatic nitrogens is 1. The van der Waals surface area contributed by atoms with Crippen LogP contribution in [0, 0.1) is 5.41 Å². The van der Waals surface area contributed by atoms with Crippen LogP contribution in [0.5, 0.6) is 5.75 Å². The lowest BCUT2D eigenvalue weighted by Gasteiger charge is -2.32. The zero-order valence-electron chi connectivity index (χ0n) is 14.6. The standard InChI is InChI=1S/C19H29N3O/c1-4-19(5-2,9-7-10-20)14-22-17-13-16(23-3)12-15-8-6-11-21-18(15)17/h6,8,11-13,22H,4-5,7,9-10,14,20H2,1-3H3. The number of ether oxygens (including phenoxy) is 1. The maximum atomic E-state index is 5.72. The van der Waals surface area contributed by atoms with E-state index < -0.39 is 0 Å². The van der Waals surface area contributed by atoms with Crippen LogP contribution in [0.1, 0.15) is 39.5 Å². The number of pyridine rings is 1. The molecule has 0 atom stereocenters. The van der Waals surface area contributed by atoms with Gasteiger partial charge in [-0.05, 0) is 49.8 Å². The van der Waals surface area contributed by atoms with E-state index in [2.05, 4.69) is 30.2 Å². The Hall–Kier alpha value is -1.81. The van der Waals surface area contributed by atoms with Gasteiger partial charge in [0.2, 0.25) is 0 Å². The van der Waals surface area contributed by atoms with Crippen molar-refractivity contribution >= 4 is 16.6 Å². The van der Waals surface area contributed by atoms with Crippen molar-refractivity contribution in [2.75, 3.05) is 25.5 Å². The minimum absolute atomic E-state index is 0.281. The largest absolute Gasteiger partial charge is 0.497 e. The third kappa shape index (κ3) is 4.14. The molecule has 23 heavy (non-hydrogen) atoms. The van der Waals surface area contributed by atoms with Crippen LogP contribution in [0.4, 0.5) is 5.69 Å². The van der Waals surface area contributed by atoms with Gasteiger partial charge in [-0.3, -0.25) is 4.98 Å². The number of fused-ring (bicyclic) bond motifs is 1. The first-order valence-electron chi connectivity index (χ1n) is 8.54. The summed E-state index contributed by atoms with van der Waals surface area (Å²) in [6, 6.07) is 8.08. The molecule has 0 saturated heterocycles. The molecule has 1 aromatic carbocycles. The predicted molar refractivity (Wildman–Crippen MR) is 98.1 cm³/mol. The Labute approximate surface area is 139 Å². The average molecular weight is 315 g/mol. The summed E-state index contributed by atoms with van der Waals surface area (Å²) in [6.45, 7) is 6.22. The van der Waals surface area contributed by atoms with Gasteiger partial charge in [0.05, 0.1) is 18.3 Å². The summed E-state index contributed by atoms with van der Waals surface area (Å²) in [4.78, 5) is 4.53. The topological polar surface area (TPSA) is 60.2 Å². The Morgan fingerprint density at radius 2 is 2.04 bits per heavy atom. The summed E-state index contributed by atoms with van der Waals surface area (Å²) in [5, 5.41) is 4.72. The fourth-order valence-corrected chi connectivity index (χ4v) is 3.12. The highest BCUT2D eigenvalue weighted by Crippen LogP contribution is 2.34. The molecule has 0 unspecified atom stereocenters. The van der Waals surface area contributed by atoms with Gasteiger partial charge in [-0.1, -0.05) is 19.9 Å². The number of benzene rings is 1. The zero-order chi connectivity index (χ0) is 16.7. The Kier molecular flexibility index (Phi) is 6.22. The minimum Gasteiger partial charge on any atom is -0.497 e. The third-order valence-corrected chi connectivity index (χ3v) is 4.98. The second-order valence-corrected chi connectivity index (χ2v) is 6.20. The molecule has 126 valence electrons. The fourth-order valence-electron chi connectivity index (χ4n) is 3.12. The molecular weight excluding hydrogens is 286 g/mol. The Morgan fingerprint density at radius 3 is 2.70 bits per heavy atom. The van der Waals surface area contributed by atoms with Gasteiger partial charge in [0, 0.05) is 24.2 Å². The minimum atomic E-state index is 0.281. The maximum Gasteiger partial charge on any atom is 0.121 e. The monoisotopic (exact) mass is 315 g/mol. The van der Waals surface area contributed by atoms with Gasteiger partial charge in [-0.2, -0.15) is 0 Å².